The van der Waals surface area contributed by atoms with Gasteiger partial charge >= 0.3 is 0 Å². The Morgan fingerprint density at radius 1 is 1.21 bits per heavy atom. The second-order valence-electron chi connectivity index (χ2n) is 8.09. The van der Waals surface area contributed by atoms with Gasteiger partial charge in [0.2, 0.25) is 5.91 Å². The van der Waals surface area contributed by atoms with Crippen molar-refractivity contribution in [3.63, 3.8) is 0 Å². The monoisotopic (exact) mass is 460 g/mol. The molecule has 4 heterocycles. The summed E-state index contributed by atoms with van der Waals surface area (Å²) in [6.45, 7) is 4.52. The number of carbonyl (C=O) groups excluding carboxylic acids is 1. The number of carbonyl (C=O) groups is 1. The number of pyridine rings is 2. The molecule has 0 bridgehead atoms. The summed E-state index contributed by atoms with van der Waals surface area (Å²) in [7, 11) is 0. The molecule has 1 N–H and O–H groups in total. The second-order valence-corrected chi connectivity index (χ2v) is 8.09. The van der Waals surface area contributed by atoms with Crippen LogP contribution in [0.2, 0.25) is 0 Å². The zero-order valence-corrected chi connectivity index (χ0v) is 18.3. The number of likely N-dealkylation sites (tertiary alicyclic amines) is 1. The summed E-state index contributed by atoms with van der Waals surface area (Å²) in [6.07, 6.45) is 7.82. The zero-order chi connectivity index (χ0) is 23.7. The Balaban J connectivity index is 1.58. The lowest BCUT2D eigenvalue weighted by atomic mass is 10.00. The lowest BCUT2D eigenvalue weighted by Gasteiger charge is -2.24. The highest BCUT2D eigenvalue weighted by Crippen LogP contribution is 2.41. The standard InChI is InChI=1S/C26H22F2N4O2/c1-2-22(33)32-13-5-6-16(32)15-34-21-14-29-12-10-17(21)25-23(18-7-3-8-19(27)24(18)28)26-20(31-25)9-4-11-30-26/h2-4,7-12,14,16,31H,1,5-6,13,15H2/t16-/m0/s1. The fraction of sp³-hybridized carbons (Fsp3) is 0.192. The molecule has 3 aromatic heterocycles. The first kappa shape index (κ1) is 21.8. The van der Waals surface area contributed by atoms with Gasteiger partial charge in [0.05, 0.1) is 29.0 Å². The molecule has 0 unspecified atom stereocenters. The Morgan fingerprint density at radius 3 is 2.94 bits per heavy atom. The molecule has 0 saturated carbocycles. The maximum Gasteiger partial charge on any atom is 0.246 e. The minimum absolute atomic E-state index is 0.0805. The van der Waals surface area contributed by atoms with Crippen LogP contribution in [0.1, 0.15) is 12.8 Å². The molecule has 172 valence electrons. The van der Waals surface area contributed by atoms with Crippen molar-refractivity contribution in [2.75, 3.05) is 13.2 Å². The molecule has 5 rings (SSSR count). The molecule has 1 aliphatic rings. The number of nitrogens with one attached hydrogen (secondary N) is 1. The quantitative estimate of drug-likeness (QED) is 0.405. The first-order valence-electron chi connectivity index (χ1n) is 11.0. The molecule has 1 aliphatic heterocycles. The van der Waals surface area contributed by atoms with Crippen LogP contribution in [0.15, 0.2) is 67.6 Å². The third-order valence-electron chi connectivity index (χ3n) is 6.10. The van der Waals surface area contributed by atoms with Crippen molar-refractivity contribution in [1.29, 1.82) is 0 Å². The normalized spacial score (nSPS) is 15.6. The number of fused-ring (bicyclic) bond motifs is 1. The molecule has 4 aromatic rings. The molecule has 0 aliphatic carbocycles. The summed E-state index contributed by atoms with van der Waals surface area (Å²) >= 11 is 0. The fourth-order valence-corrected chi connectivity index (χ4v) is 4.49. The van der Waals surface area contributed by atoms with Crippen molar-refractivity contribution in [1.82, 2.24) is 19.9 Å². The Kier molecular flexibility index (Phi) is 5.79. The van der Waals surface area contributed by atoms with Gasteiger partial charge in [-0.3, -0.25) is 14.8 Å². The van der Waals surface area contributed by atoms with Crippen molar-refractivity contribution >= 4 is 16.9 Å². The molecule has 0 spiro atoms. The zero-order valence-electron chi connectivity index (χ0n) is 18.3. The second kappa shape index (κ2) is 9.05. The Hall–Kier alpha value is -4.07. The molecule has 1 amide bonds. The highest BCUT2D eigenvalue weighted by Gasteiger charge is 2.28. The SMILES string of the molecule is C=CC(=O)N1CCC[C@H]1COc1cnccc1-c1[nH]c2cccnc2c1-c1cccc(F)c1F. The fourth-order valence-electron chi connectivity index (χ4n) is 4.49. The van der Waals surface area contributed by atoms with E-state index in [1.807, 2.05) is 6.07 Å². The van der Waals surface area contributed by atoms with E-state index in [0.717, 1.165) is 18.9 Å². The average molecular weight is 460 g/mol. The molecular weight excluding hydrogens is 438 g/mol. The number of aromatic amines is 1. The summed E-state index contributed by atoms with van der Waals surface area (Å²) in [5.74, 6) is -1.54. The van der Waals surface area contributed by atoms with Crippen LogP contribution in [0.25, 0.3) is 33.4 Å². The number of rotatable bonds is 6. The van der Waals surface area contributed by atoms with Crippen LogP contribution in [0.3, 0.4) is 0 Å². The van der Waals surface area contributed by atoms with Gasteiger partial charge in [0.25, 0.3) is 0 Å². The van der Waals surface area contributed by atoms with Crippen LogP contribution in [0.4, 0.5) is 8.78 Å². The van der Waals surface area contributed by atoms with Crippen molar-refractivity contribution in [2.24, 2.45) is 0 Å². The maximum absolute atomic E-state index is 14.9. The largest absolute Gasteiger partial charge is 0.489 e. The van der Waals surface area contributed by atoms with Gasteiger partial charge in [-0.25, -0.2) is 8.78 Å². The van der Waals surface area contributed by atoms with E-state index in [1.54, 1.807) is 35.6 Å². The number of benzene rings is 1. The van der Waals surface area contributed by atoms with Gasteiger partial charge in [-0.2, -0.15) is 0 Å². The summed E-state index contributed by atoms with van der Waals surface area (Å²) in [6, 6.07) is 9.34. The molecule has 1 fully saturated rings. The molecule has 1 atom stereocenters. The van der Waals surface area contributed by atoms with Gasteiger partial charge in [0, 0.05) is 35.6 Å². The molecule has 8 heteroatoms. The third-order valence-corrected chi connectivity index (χ3v) is 6.10. The van der Waals surface area contributed by atoms with Crippen LogP contribution >= 0.6 is 0 Å². The van der Waals surface area contributed by atoms with Crippen LogP contribution in [-0.2, 0) is 4.79 Å². The molecule has 1 saturated heterocycles. The van der Waals surface area contributed by atoms with Gasteiger partial charge in [-0.1, -0.05) is 18.7 Å². The van der Waals surface area contributed by atoms with Crippen molar-refractivity contribution < 1.29 is 18.3 Å². The van der Waals surface area contributed by atoms with E-state index in [9.17, 15) is 13.6 Å². The van der Waals surface area contributed by atoms with Crippen LogP contribution < -0.4 is 4.74 Å². The van der Waals surface area contributed by atoms with Gasteiger partial charge in [-0.05, 0) is 43.2 Å². The number of hydrogen-bond acceptors (Lipinski definition) is 4. The van der Waals surface area contributed by atoms with E-state index in [-0.39, 0.29) is 24.1 Å². The third kappa shape index (κ3) is 3.81. The summed E-state index contributed by atoms with van der Waals surface area (Å²) < 4.78 is 35.2. The average Bonchev–Trinajstić information content (AvgIpc) is 3.49. The van der Waals surface area contributed by atoms with Crippen molar-refractivity contribution in [3.05, 3.63) is 79.3 Å². The molecule has 1 aromatic carbocycles. The number of halogens is 2. The summed E-state index contributed by atoms with van der Waals surface area (Å²) in [4.78, 5) is 25.8. The van der Waals surface area contributed by atoms with E-state index in [1.165, 1.54) is 18.2 Å². The minimum Gasteiger partial charge on any atom is -0.489 e. The Morgan fingerprint density at radius 2 is 2.09 bits per heavy atom. The lowest BCUT2D eigenvalue weighted by molar-refractivity contribution is -0.127. The summed E-state index contributed by atoms with van der Waals surface area (Å²) in [5, 5.41) is 0. The Bertz CT molecular complexity index is 1380. The summed E-state index contributed by atoms with van der Waals surface area (Å²) in [5.41, 5.74) is 2.90. The molecule has 34 heavy (non-hydrogen) atoms. The van der Waals surface area contributed by atoms with Crippen LogP contribution in [0, 0.1) is 11.6 Å². The number of hydrogen-bond donors (Lipinski definition) is 1. The molecule has 0 radical (unpaired) electrons. The van der Waals surface area contributed by atoms with Gasteiger partial charge in [0.15, 0.2) is 11.6 Å². The van der Waals surface area contributed by atoms with Gasteiger partial charge < -0.3 is 14.6 Å². The van der Waals surface area contributed by atoms with Crippen LogP contribution in [0.5, 0.6) is 5.75 Å². The highest BCUT2D eigenvalue weighted by molar-refractivity contribution is 6.02. The maximum atomic E-state index is 14.9. The smallest absolute Gasteiger partial charge is 0.246 e. The van der Waals surface area contributed by atoms with Crippen molar-refractivity contribution in [2.45, 2.75) is 18.9 Å². The minimum atomic E-state index is -0.948. The number of nitrogens with zero attached hydrogens (tertiary/aromatic N) is 3. The topological polar surface area (TPSA) is 71.1 Å². The predicted octanol–water partition coefficient (Wildman–Crippen LogP) is 5.13. The number of H-pyrrole nitrogens is 1. The first-order chi connectivity index (χ1) is 16.6. The highest BCUT2D eigenvalue weighted by atomic mass is 19.2. The van der Waals surface area contributed by atoms with E-state index in [4.69, 9.17) is 4.74 Å². The lowest BCUT2D eigenvalue weighted by Crippen LogP contribution is -2.38. The number of ether oxygens (including phenoxy) is 1. The van der Waals surface area contributed by atoms with Crippen LogP contribution in [-0.4, -0.2) is 45.0 Å². The van der Waals surface area contributed by atoms with Gasteiger partial charge in [-0.15, -0.1) is 0 Å². The van der Waals surface area contributed by atoms with Gasteiger partial charge in [0.1, 0.15) is 12.4 Å². The Labute approximate surface area is 194 Å². The first-order valence-corrected chi connectivity index (χ1v) is 11.0. The van der Waals surface area contributed by atoms with E-state index < -0.39 is 11.6 Å². The predicted molar refractivity (Wildman–Crippen MR) is 125 cm³/mol. The van der Waals surface area contributed by atoms with E-state index in [0.29, 0.717) is 40.1 Å². The molecule has 6 nitrogen and oxygen atoms in total. The van der Waals surface area contributed by atoms with E-state index in [2.05, 4.69) is 21.5 Å². The number of amides is 1. The molecular formula is C26H22F2N4O2. The van der Waals surface area contributed by atoms with Crippen molar-refractivity contribution in [3.8, 4) is 28.1 Å². The van der Waals surface area contributed by atoms with E-state index >= 15 is 0 Å². The number of aromatic nitrogens is 3.